The molecular weight excluding hydrogens is 1020 g/mol. The number of unbranched alkanes of at least 4 members (excludes halogenated alkanes) is 39. The first kappa shape index (κ1) is 78.9. The Bertz CT molecular complexity index is 1550. The Morgan fingerprint density at radius 1 is 0.432 bits per heavy atom. The van der Waals surface area contributed by atoms with Crippen LogP contribution in [-0.4, -0.2) is 73.4 Å². The molecule has 0 bridgehead atoms. The molecule has 3 atom stereocenters. The van der Waals surface area contributed by atoms with Crippen molar-refractivity contribution in [2.45, 2.75) is 341 Å². The number of aliphatic hydroxyl groups is 1. The van der Waals surface area contributed by atoms with Gasteiger partial charge in [-0.1, -0.05) is 331 Å². The van der Waals surface area contributed by atoms with Gasteiger partial charge in [0.1, 0.15) is 13.2 Å². The fraction of sp³-hybridized carbons (Fsp3) is 0.819. The van der Waals surface area contributed by atoms with Crippen LogP contribution in [0.5, 0.6) is 0 Å². The Morgan fingerprint density at radius 3 is 1.09 bits per heavy atom. The minimum absolute atomic E-state index is 0.0748. The van der Waals surface area contributed by atoms with Gasteiger partial charge in [-0.05, 0) is 64.2 Å². The number of nitrogens with one attached hydrogen (secondary N) is 1. The molecule has 3 unspecified atom stereocenters. The third-order valence-electron chi connectivity index (χ3n) is 15.7. The number of phosphoric ester groups is 1. The molecule has 81 heavy (non-hydrogen) atoms. The summed E-state index contributed by atoms with van der Waals surface area (Å²) in [6.45, 7) is 4.82. The van der Waals surface area contributed by atoms with Crippen molar-refractivity contribution in [3.8, 4) is 0 Å². The van der Waals surface area contributed by atoms with Crippen molar-refractivity contribution in [1.82, 2.24) is 5.32 Å². The Balaban J connectivity index is 3.99. The first-order valence-corrected chi connectivity index (χ1v) is 36.3. The molecule has 0 aliphatic heterocycles. The minimum Gasteiger partial charge on any atom is -0.391 e. The zero-order valence-corrected chi connectivity index (χ0v) is 55.2. The van der Waals surface area contributed by atoms with Crippen LogP contribution in [0.3, 0.4) is 0 Å². The van der Waals surface area contributed by atoms with Gasteiger partial charge in [0.25, 0.3) is 0 Å². The first-order chi connectivity index (χ1) is 39.5. The molecule has 9 heteroatoms. The molecule has 0 aromatic rings. The molecule has 0 saturated heterocycles. The molecule has 1 amide bonds. The fourth-order valence-electron chi connectivity index (χ4n) is 10.3. The second-order valence-electron chi connectivity index (χ2n) is 24.9. The number of quaternary nitrogens is 1. The number of carbonyl (C=O) groups is 1. The summed E-state index contributed by atoms with van der Waals surface area (Å²) in [6, 6.07) is -0.763. The third-order valence-corrected chi connectivity index (χ3v) is 16.7. The van der Waals surface area contributed by atoms with Gasteiger partial charge in [-0.15, -0.1) is 0 Å². The van der Waals surface area contributed by atoms with Gasteiger partial charge in [0.2, 0.25) is 5.91 Å². The van der Waals surface area contributed by atoms with E-state index in [1.807, 2.05) is 21.1 Å². The van der Waals surface area contributed by atoms with Crippen LogP contribution in [-0.2, 0) is 18.4 Å². The lowest BCUT2D eigenvalue weighted by Gasteiger charge is -2.26. The molecule has 0 aliphatic rings. The van der Waals surface area contributed by atoms with Crippen LogP contribution >= 0.6 is 7.82 Å². The molecule has 0 fully saturated rings. The number of hydrogen-bond donors (Lipinski definition) is 3. The van der Waals surface area contributed by atoms with Crippen molar-refractivity contribution in [2.24, 2.45) is 0 Å². The minimum atomic E-state index is -4.33. The summed E-state index contributed by atoms with van der Waals surface area (Å²) in [5.41, 5.74) is 0. The highest BCUT2D eigenvalue weighted by atomic mass is 31.2. The van der Waals surface area contributed by atoms with Crippen LogP contribution in [0.1, 0.15) is 328 Å². The highest BCUT2D eigenvalue weighted by Crippen LogP contribution is 2.43. The quantitative estimate of drug-likeness (QED) is 0.0243. The first-order valence-electron chi connectivity index (χ1n) is 34.8. The van der Waals surface area contributed by atoms with Crippen LogP contribution in [0.2, 0.25) is 0 Å². The predicted molar refractivity (Wildman–Crippen MR) is 355 cm³/mol. The molecule has 0 aromatic heterocycles. The van der Waals surface area contributed by atoms with Crippen LogP contribution in [0, 0.1) is 0 Å². The van der Waals surface area contributed by atoms with Gasteiger partial charge in [-0.3, -0.25) is 13.8 Å². The number of hydrogen-bond acceptors (Lipinski definition) is 5. The number of phosphoric acid groups is 1. The second kappa shape index (κ2) is 62.5. The van der Waals surface area contributed by atoms with Gasteiger partial charge in [0, 0.05) is 6.42 Å². The van der Waals surface area contributed by atoms with Crippen molar-refractivity contribution in [3.63, 3.8) is 0 Å². The van der Waals surface area contributed by atoms with Gasteiger partial charge < -0.3 is 19.8 Å². The highest BCUT2D eigenvalue weighted by Gasteiger charge is 2.28. The van der Waals surface area contributed by atoms with E-state index in [9.17, 15) is 19.4 Å². The van der Waals surface area contributed by atoms with Crippen molar-refractivity contribution in [3.05, 3.63) is 72.9 Å². The smallest absolute Gasteiger partial charge is 0.391 e. The van der Waals surface area contributed by atoms with Crippen LogP contribution in [0.25, 0.3) is 0 Å². The predicted octanol–water partition coefficient (Wildman–Crippen LogP) is 22.2. The summed E-state index contributed by atoms with van der Waals surface area (Å²) in [5, 5.41) is 14.1. The van der Waals surface area contributed by atoms with E-state index in [2.05, 4.69) is 92.1 Å². The molecule has 0 radical (unpaired) electrons. The monoisotopic (exact) mass is 1160 g/mol. The van der Waals surface area contributed by atoms with E-state index in [0.29, 0.717) is 23.9 Å². The van der Waals surface area contributed by atoms with Gasteiger partial charge in [-0.25, -0.2) is 4.57 Å². The summed E-state index contributed by atoms with van der Waals surface area (Å²) in [5.74, 6) is -0.140. The van der Waals surface area contributed by atoms with Gasteiger partial charge in [-0.2, -0.15) is 0 Å². The van der Waals surface area contributed by atoms with Gasteiger partial charge in [0.05, 0.1) is 39.9 Å². The molecular formula is C72H136N2O6P+. The zero-order chi connectivity index (χ0) is 59.1. The van der Waals surface area contributed by atoms with Crippen LogP contribution in [0.4, 0.5) is 0 Å². The van der Waals surface area contributed by atoms with Crippen molar-refractivity contribution < 1.29 is 32.9 Å². The molecule has 0 aromatic carbocycles. The lowest BCUT2D eigenvalue weighted by molar-refractivity contribution is -0.870. The number of nitrogens with zero attached hydrogens (tertiary/aromatic N) is 1. The summed E-state index contributed by atoms with van der Waals surface area (Å²) < 4.78 is 23.9. The molecule has 0 saturated carbocycles. The number of rotatable bonds is 64. The lowest BCUT2D eigenvalue weighted by Crippen LogP contribution is -2.46. The number of amides is 1. The number of carbonyl (C=O) groups excluding carboxylic acids is 1. The Labute approximate surface area is 504 Å². The fourth-order valence-corrected chi connectivity index (χ4v) is 11.1. The SMILES string of the molecule is CC/C=C\C/C=C\C/C=C\C/C=C\C/C=C\C/C=C\CCCCCCCCCCCCCCCCCCCCC(=O)NC(COP(=O)(O)OCC[N+](C)(C)C)C(O)CCCCCCCCCCCCCCCCCCCCCCCC. The Morgan fingerprint density at radius 2 is 0.741 bits per heavy atom. The molecule has 0 aliphatic carbocycles. The summed E-state index contributed by atoms with van der Waals surface area (Å²) in [4.78, 5) is 23.5. The molecule has 3 N–H and O–H groups in total. The lowest BCUT2D eigenvalue weighted by atomic mass is 10.0. The number of likely N-dealkylation sites (N-methyl/N-ethyl adjacent to an activating group) is 1. The number of allylic oxidation sites excluding steroid dienone is 12. The Hall–Kier alpha value is -2.06. The van der Waals surface area contributed by atoms with E-state index >= 15 is 0 Å². The summed E-state index contributed by atoms with van der Waals surface area (Å²) >= 11 is 0. The van der Waals surface area contributed by atoms with Crippen molar-refractivity contribution >= 4 is 13.7 Å². The molecule has 0 spiro atoms. The van der Waals surface area contributed by atoms with Crippen molar-refractivity contribution in [1.29, 1.82) is 0 Å². The topological polar surface area (TPSA) is 105 Å². The average molecular weight is 1160 g/mol. The molecule has 8 nitrogen and oxygen atoms in total. The summed E-state index contributed by atoms with van der Waals surface area (Å²) in [6.07, 6.45) is 87.1. The highest BCUT2D eigenvalue weighted by molar-refractivity contribution is 7.47. The van der Waals surface area contributed by atoms with Gasteiger partial charge >= 0.3 is 7.82 Å². The maximum absolute atomic E-state index is 13.1. The van der Waals surface area contributed by atoms with E-state index < -0.39 is 20.0 Å². The van der Waals surface area contributed by atoms with E-state index in [4.69, 9.17) is 9.05 Å². The van der Waals surface area contributed by atoms with Gasteiger partial charge in [0.15, 0.2) is 0 Å². The van der Waals surface area contributed by atoms with E-state index in [0.717, 1.165) is 77.0 Å². The number of aliphatic hydroxyl groups excluding tert-OH is 1. The third kappa shape index (κ3) is 65.3. The zero-order valence-electron chi connectivity index (χ0n) is 54.3. The standard InChI is InChI=1S/C72H135N2O6P/c1-6-8-10-12-14-16-18-20-22-24-26-28-30-31-32-33-34-35-36-37-38-39-40-41-42-43-44-46-48-50-52-54-56-58-60-62-64-66-72(76)73-70(69-80-81(77,78)79-68-67-74(3,4)5)71(75)65-63-61-59-57-55-53-51-49-47-45-29-27-25-23-21-19-17-15-13-11-9-7-2/h8,10,14,16,20,22,26,28,31-32,34-35,70-71,75H,6-7,9,11-13,15,17-19,21,23-25,27,29-30,33,36-69H2,1-5H3,(H-,73,76,77,78)/p+1/b10-8-,16-14-,22-20-,28-26-,32-31-,35-34-. The largest absolute Gasteiger partial charge is 0.472 e. The van der Waals surface area contributed by atoms with E-state index in [-0.39, 0.29) is 19.1 Å². The van der Waals surface area contributed by atoms with E-state index in [1.54, 1.807) is 0 Å². The maximum atomic E-state index is 13.1. The molecule has 0 heterocycles. The average Bonchev–Trinajstić information content (AvgIpc) is 3.43. The molecule has 0 rings (SSSR count). The normalized spacial score (nSPS) is 14.1. The van der Waals surface area contributed by atoms with Crippen LogP contribution in [0.15, 0.2) is 72.9 Å². The van der Waals surface area contributed by atoms with Crippen LogP contribution < -0.4 is 5.32 Å². The Kier molecular flexibility index (Phi) is 60.9. The van der Waals surface area contributed by atoms with Crippen molar-refractivity contribution in [2.75, 3.05) is 40.9 Å². The van der Waals surface area contributed by atoms with E-state index in [1.165, 1.54) is 225 Å². The summed E-state index contributed by atoms with van der Waals surface area (Å²) in [7, 11) is 1.63. The maximum Gasteiger partial charge on any atom is 0.472 e. The molecule has 474 valence electrons. The second-order valence-corrected chi connectivity index (χ2v) is 26.3.